The van der Waals surface area contributed by atoms with E-state index in [4.69, 9.17) is 9.47 Å². The molecule has 51 heavy (non-hydrogen) atoms. The minimum atomic E-state index is -2.66. The fraction of sp³-hybridized carbons (Fsp3) is 0.250. The van der Waals surface area contributed by atoms with Gasteiger partial charge in [-0.2, -0.15) is 0 Å². The van der Waals surface area contributed by atoms with Gasteiger partial charge in [0.25, 0.3) is 0 Å². The Labute approximate surface area is 292 Å². The lowest BCUT2D eigenvalue weighted by Crippen LogP contribution is -2.62. The van der Waals surface area contributed by atoms with Gasteiger partial charge in [-0.1, -0.05) is 35.4 Å². The molecule has 11 nitrogen and oxygen atoms in total. The first-order valence-corrected chi connectivity index (χ1v) is 16.4. The average molecular weight is 693 g/mol. The number of aliphatic hydroxyl groups is 1. The molecule has 4 aromatic rings. The molecular formula is C40H36O11. The van der Waals surface area contributed by atoms with Crippen molar-refractivity contribution in [3.8, 4) is 46.0 Å². The number of hydrogen-bond acceptors (Lipinski definition) is 11. The third-order valence-corrected chi connectivity index (χ3v) is 10.1. The lowest BCUT2D eigenvalue weighted by Gasteiger charge is -2.43. The Hall–Kier alpha value is -5.94. The molecule has 0 amide bonds. The van der Waals surface area contributed by atoms with Crippen LogP contribution < -0.4 is 9.47 Å². The standard InChI is InChI=1S/C40H36O11/c1-19(2)10-11-39-30-8-5-23(42)18-33(30)51-40(39,49)38(48)35-32(50-39)9-7-27(37(35)47)29-13-20(3)12-28(26-6-4-22(41)17-31(26)45)34(29)36(46)21-14-24(43)16-25(44)15-21/h4-10,13-18,28-29,34,41-45,47,49H,11-12H2,1-3H3. The topological polar surface area (TPSA) is 194 Å². The summed E-state index contributed by atoms with van der Waals surface area (Å²) in [5, 5.41) is 75.9. The highest BCUT2D eigenvalue weighted by Crippen LogP contribution is 2.59. The number of phenols is 6. The van der Waals surface area contributed by atoms with E-state index in [0.717, 1.165) is 23.3 Å². The number of carbonyl (C=O) groups excluding carboxylic acids is 2. The Balaban J connectivity index is 1.40. The SMILES string of the molecule is CC(C)=CCC12Oc3ccc(C4C=C(C)CC(c5ccc(O)cc5O)C4C(=O)c4cc(O)cc(O)c4)c(O)c3C(=O)C1(O)Oc1cc(O)ccc12. The van der Waals surface area contributed by atoms with E-state index < -0.39 is 46.5 Å². The van der Waals surface area contributed by atoms with Crippen LogP contribution in [0.2, 0.25) is 0 Å². The second kappa shape index (κ2) is 11.8. The van der Waals surface area contributed by atoms with Crippen LogP contribution >= 0.6 is 0 Å². The number of hydrogen-bond donors (Lipinski definition) is 7. The monoisotopic (exact) mass is 692 g/mol. The minimum Gasteiger partial charge on any atom is -0.508 e. The van der Waals surface area contributed by atoms with Gasteiger partial charge in [0, 0.05) is 59.1 Å². The molecule has 0 aromatic heterocycles. The highest BCUT2D eigenvalue weighted by Gasteiger charge is 2.69. The van der Waals surface area contributed by atoms with Gasteiger partial charge in [-0.15, -0.1) is 0 Å². The first-order valence-electron chi connectivity index (χ1n) is 16.4. The van der Waals surface area contributed by atoms with Crippen molar-refractivity contribution < 1.29 is 54.8 Å². The fourth-order valence-corrected chi connectivity index (χ4v) is 7.77. The van der Waals surface area contributed by atoms with E-state index in [1.807, 2.05) is 20.8 Å². The summed E-state index contributed by atoms with van der Waals surface area (Å²) < 4.78 is 12.4. The molecule has 262 valence electrons. The Bertz CT molecular complexity index is 2180. The summed E-state index contributed by atoms with van der Waals surface area (Å²) in [6.45, 7) is 5.52. The van der Waals surface area contributed by atoms with E-state index in [1.165, 1.54) is 54.6 Å². The molecule has 3 aliphatic rings. The highest BCUT2D eigenvalue weighted by atomic mass is 16.7. The fourth-order valence-electron chi connectivity index (χ4n) is 7.77. The molecule has 7 rings (SSSR count). The maximum atomic E-state index is 14.5. The number of Topliss-reactive ketones (excluding diaryl/α,β-unsaturated/α-hetero) is 2. The molecule has 0 spiro atoms. The largest absolute Gasteiger partial charge is 0.508 e. The molecule has 0 radical (unpaired) electrons. The molecule has 5 unspecified atom stereocenters. The summed E-state index contributed by atoms with van der Waals surface area (Å²) >= 11 is 0. The molecule has 7 N–H and O–H groups in total. The van der Waals surface area contributed by atoms with Crippen molar-refractivity contribution in [1.29, 1.82) is 0 Å². The highest BCUT2D eigenvalue weighted by molar-refractivity contribution is 6.09. The Kier molecular flexibility index (Phi) is 7.79. The molecule has 2 heterocycles. The van der Waals surface area contributed by atoms with Crippen molar-refractivity contribution in [2.45, 2.75) is 56.8 Å². The third-order valence-electron chi connectivity index (χ3n) is 10.1. The predicted octanol–water partition coefficient (Wildman–Crippen LogP) is 6.54. The van der Waals surface area contributed by atoms with Crippen LogP contribution in [-0.4, -0.2) is 53.1 Å². The van der Waals surface area contributed by atoms with Crippen LogP contribution in [0.15, 0.2) is 90.0 Å². The van der Waals surface area contributed by atoms with E-state index in [-0.39, 0.29) is 69.8 Å². The van der Waals surface area contributed by atoms with Crippen molar-refractivity contribution in [3.05, 3.63) is 118 Å². The van der Waals surface area contributed by atoms with E-state index in [2.05, 4.69) is 0 Å². The molecular weight excluding hydrogens is 656 g/mol. The molecule has 5 atom stereocenters. The molecule has 11 heteroatoms. The van der Waals surface area contributed by atoms with Crippen LogP contribution in [0, 0.1) is 5.92 Å². The van der Waals surface area contributed by atoms with Crippen molar-refractivity contribution >= 4 is 11.6 Å². The Morgan fingerprint density at radius 3 is 2.18 bits per heavy atom. The molecule has 0 saturated carbocycles. The average Bonchev–Trinajstić information content (AvgIpc) is 3.30. The van der Waals surface area contributed by atoms with Crippen LogP contribution in [0.3, 0.4) is 0 Å². The molecule has 1 aliphatic carbocycles. The summed E-state index contributed by atoms with van der Waals surface area (Å²) in [5.74, 6) is -8.84. The van der Waals surface area contributed by atoms with Gasteiger partial charge < -0.3 is 45.2 Å². The van der Waals surface area contributed by atoms with Crippen LogP contribution in [0.4, 0.5) is 0 Å². The first kappa shape index (κ1) is 33.6. The zero-order chi connectivity index (χ0) is 36.6. The lowest BCUT2D eigenvalue weighted by atomic mass is 9.65. The van der Waals surface area contributed by atoms with Crippen LogP contribution in [-0.2, 0) is 5.60 Å². The van der Waals surface area contributed by atoms with Gasteiger partial charge in [0.2, 0.25) is 11.4 Å². The molecule has 0 saturated heterocycles. The van der Waals surface area contributed by atoms with E-state index >= 15 is 0 Å². The van der Waals surface area contributed by atoms with Crippen molar-refractivity contribution in [2.24, 2.45) is 5.92 Å². The van der Waals surface area contributed by atoms with Crippen LogP contribution in [0.5, 0.6) is 46.0 Å². The number of aromatic hydroxyl groups is 6. The molecule has 0 fully saturated rings. The van der Waals surface area contributed by atoms with Crippen molar-refractivity contribution in [2.75, 3.05) is 0 Å². The van der Waals surface area contributed by atoms with Crippen molar-refractivity contribution in [3.63, 3.8) is 0 Å². The number of fused-ring (bicyclic) bond motifs is 4. The number of allylic oxidation sites excluding steroid dienone is 3. The smallest absolute Gasteiger partial charge is 0.318 e. The van der Waals surface area contributed by atoms with E-state index in [0.29, 0.717) is 11.1 Å². The number of rotatable bonds is 6. The quantitative estimate of drug-likeness (QED) is 0.0856. The lowest BCUT2D eigenvalue weighted by molar-refractivity contribution is -0.201. The van der Waals surface area contributed by atoms with Crippen LogP contribution in [0.1, 0.15) is 82.9 Å². The number of ketones is 2. The zero-order valence-electron chi connectivity index (χ0n) is 27.9. The number of ether oxygens (including phenoxy) is 2. The van der Waals surface area contributed by atoms with Gasteiger partial charge >= 0.3 is 5.79 Å². The van der Waals surface area contributed by atoms with Gasteiger partial charge in [-0.05, 0) is 69.2 Å². The van der Waals surface area contributed by atoms with E-state index in [1.54, 1.807) is 12.2 Å². The third kappa shape index (κ3) is 5.23. The number of benzene rings is 4. The van der Waals surface area contributed by atoms with Gasteiger partial charge in [-0.25, -0.2) is 0 Å². The summed E-state index contributed by atoms with van der Waals surface area (Å²) in [4.78, 5) is 29.0. The van der Waals surface area contributed by atoms with Gasteiger partial charge in [-0.3, -0.25) is 9.59 Å². The molecule has 2 aliphatic heterocycles. The summed E-state index contributed by atoms with van der Waals surface area (Å²) in [5.41, 5.74) is 0.274. The van der Waals surface area contributed by atoms with E-state index in [9.17, 15) is 45.3 Å². The Morgan fingerprint density at radius 2 is 1.49 bits per heavy atom. The zero-order valence-corrected chi connectivity index (χ0v) is 27.9. The molecule has 0 bridgehead atoms. The minimum absolute atomic E-state index is 0.00695. The van der Waals surface area contributed by atoms with Gasteiger partial charge in [0.15, 0.2) is 5.78 Å². The second-order valence-electron chi connectivity index (χ2n) is 13.8. The second-order valence-corrected chi connectivity index (χ2v) is 13.8. The summed E-state index contributed by atoms with van der Waals surface area (Å²) in [6.07, 6.45) is 3.85. The molecule has 4 aromatic carbocycles. The van der Waals surface area contributed by atoms with Gasteiger partial charge in [0.05, 0.1) is 0 Å². The number of phenolic OH excluding ortho intramolecular Hbond substituents is 6. The van der Waals surface area contributed by atoms with Crippen LogP contribution in [0.25, 0.3) is 0 Å². The first-order chi connectivity index (χ1) is 24.1. The normalized spacial score (nSPS) is 24.7. The maximum Gasteiger partial charge on any atom is 0.318 e. The predicted molar refractivity (Wildman–Crippen MR) is 184 cm³/mol. The summed E-state index contributed by atoms with van der Waals surface area (Å²) in [7, 11) is 0. The Morgan fingerprint density at radius 1 is 0.824 bits per heavy atom. The number of carbonyl (C=O) groups is 2. The maximum absolute atomic E-state index is 14.5. The van der Waals surface area contributed by atoms with Crippen molar-refractivity contribution in [1.82, 2.24) is 0 Å². The van der Waals surface area contributed by atoms with Gasteiger partial charge in [0.1, 0.15) is 51.6 Å². The summed E-state index contributed by atoms with van der Waals surface area (Å²) in [6, 6.07) is 14.7.